The lowest BCUT2D eigenvalue weighted by Crippen LogP contribution is -2.44. The van der Waals surface area contributed by atoms with Crippen LogP contribution in [0.3, 0.4) is 0 Å². The maximum absolute atomic E-state index is 14.1. The van der Waals surface area contributed by atoms with E-state index in [9.17, 15) is 4.79 Å². The number of thiazole rings is 1. The van der Waals surface area contributed by atoms with Crippen molar-refractivity contribution < 1.29 is 9.53 Å². The molecule has 3 heterocycles. The summed E-state index contributed by atoms with van der Waals surface area (Å²) in [6.45, 7) is 4.40. The van der Waals surface area contributed by atoms with Crippen molar-refractivity contribution in [2.24, 2.45) is 7.05 Å². The average Bonchev–Trinajstić information content (AvgIpc) is 3.47. The predicted molar refractivity (Wildman–Crippen MR) is 137 cm³/mol. The zero-order chi connectivity index (χ0) is 24.2. The zero-order valence-corrected chi connectivity index (χ0v) is 21.6. The van der Waals surface area contributed by atoms with Gasteiger partial charge < -0.3 is 14.2 Å². The molecule has 2 atom stereocenters. The van der Waals surface area contributed by atoms with Gasteiger partial charge in [-0.1, -0.05) is 35.3 Å². The molecule has 4 aromatic rings. The van der Waals surface area contributed by atoms with Crippen LogP contribution >= 0.6 is 34.5 Å². The molecule has 1 saturated heterocycles. The molecule has 1 fully saturated rings. The third kappa shape index (κ3) is 3.81. The third-order valence-electron chi connectivity index (χ3n) is 6.53. The Bertz CT molecular complexity index is 1420. The van der Waals surface area contributed by atoms with Gasteiger partial charge in [-0.2, -0.15) is 0 Å². The number of halogens is 2. The summed E-state index contributed by atoms with van der Waals surface area (Å²) >= 11 is 14.0. The van der Waals surface area contributed by atoms with Gasteiger partial charge in [0.2, 0.25) is 0 Å². The van der Waals surface area contributed by atoms with Crippen LogP contribution in [0.4, 0.5) is 0 Å². The standard InChI is InChI=1S/C25H24Cl2N4O2S/c1-14-28-21(22(34-14)15-6-5-7-16(26)10-15)23(32)31-13-18(33-4)12-25(31,2)24-29-19-11-17(27)8-9-20(19)30(24)3/h5-11,18H,12-13H2,1-4H3/t18-,25?/m1/s1. The lowest BCUT2D eigenvalue weighted by atomic mass is 9.96. The number of aromatic nitrogens is 3. The second kappa shape index (κ2) is 8.64. The van der Waals surface area contributed by atoms with Crippen LogP contribution in [0.1, 0.15) is 34.7 Å². The van der Waals surface area contributed by atoms with Crippen molar-refractivity contribution in [3.05, 3.63) is 69.0 Å². The molecule has 1 aliphatic heterocycles. The molecule has 1 amide bonds. The van der Waals surface area contributed by atoms with Crippen LogP contribution in [0.15, 0.2) is 42.5 Å². The Kier molecular flexibility index (Phi) is 5.92. The average molecular weight is 515 g/mol. The van der Waals surface area contributed by atoms with E-state index in [0.717, 1.165) is 32.3 Å². The van der Waals surface area contributed by atoms with Gasteiger partial charge in [-0.3, -0.25) is 4.79 Å². The van der Waals surface area contributed by atoms with Gasteiger partial charge in [-0.25, -0.2) is 9.97 Å². The summed E-state index contributed by atoms with van der Waals surface area (Å²) < 4.78 is 7.76. The molecule has 2 aromatic carbocycles. The lowest BCUT2D eigenvalue weighted by molar-refractivity contribution is 0.0581. The summed E-state index contributed by atoms with van der Waals surface area (Å²) in [4.78, 5) is 26.3. The van der Waals surface area contributed by atoms with E-state index in [2.05, 4.69) is 4.98 Å². The van der Waals surface area contributed by atoms with Gasteiger partial charge in [-0.05, 0) is 49.7 Å². The van der Waals surface area contributed by atoms with E-state index < -0.39 is 5.54 Å². The number of fused-ring (bicyclic) bond motifs is 1. The van der Waals surface area contributed by atoms with E-state index in [1.54, 1.807) is 7.11 Å². The second-order valence-corrected chi connectivity index (χ2v) is 10.9. The summed E-state index contributed by atoms with van der Waals surface area (Å²) in [5.74, 6) is 0.639. The number of nitrogens with zero attached hydrogens (tertiary/aromatic N) is 4. The first-order chi connectivity index (χ1) is 16.2. The number of likely N-dealkylation sites (tertiary alicyclic amines) is 1. The van der Waals surface area contributed by atoms with Gasteiger partial charge in [0.15, 0.2) is 0 Å². The summed E-state index contributed by atoms with van der Waals surface area (Å²) in [5.41, 5.74) is 2.36. The Balaban J connectivity index is 1.62. The smallest absolute Gasteiger partial charge is 0.274 e. The number of rotatable bonds is 4. The molecule has 0 bridgehead atoms. The summed E-state index contributed by atoms with van der Waals surface area (Å²) in [6.07, 6.45) is 0.502. The monoisotopic (exact) mass is 514 g/mol. The third-order valence-corrected chi connectivity index (χ3v) is 8.02. The van der Waals surface area contributed by atoms with E-state index in [-0.39, 0.29) is 12.0 Å². The van der Waals surface area contributed by atoms with Crippen molar-refractivity contribution >= 4 is 51.5 Å². The fourth-order valence-electron chi connectivity index (χ4n) is 4.88. The van der Waals surface area contributed by atoms with E-state index in [4.69, 9.17) is 32.9 Å². The quantitative estimate of drug-likeness (QED) is 0.330. The number of imidazole rings is 1. The normalized spacial score (nSPS) is 20.4. The number of ether oxygens (including phenoxy) is 1. The van der Waals surface area contributed by atoms with Crippen molar-refractivity contribution in [1.29, 1.82) is 0 Å². The van der Waals surface area contributed by atoms with Crippen LogP contribution in [-0.4, -0.2) is 45.1 Å². The largest absolute Gasteiger partial charge is 0.380 e. The highest BCUT2D eigenvalue weighted by molar-refractivity contribution is 7.15. The molecule has 9 heteroatoms. The van der Waals surface area contributed by atoms with E-state index in [1.807, 2.05) is 72.8 Å². The fourth-order valence-corrected chi connectivity index (χ4v) is 6.14. The number of carbonyl (C=O) groups is 1. The van der Waals surface area contributed by atoms with Crippen LogP contribution in [0.5, 0.6) is 0 Å². The molecule has 0 N–H and O–H groups in total. The minimum Gasteiger partial charge on any atom is -0.380 e. The molecule has 2 aromatic heterocycles. The van der Waals surface area contributed by atoms with Gasteiger partial charge >= 0.3 is 0 Å². The highest BCUT2D eigenvalue weighted by atomic mass is 35.5. The van der Waals surface area contributed by atoms with E-state index in [1.165, 1.54) is 11.3 Å². The molecule has 5 rings (SSSR count). The molecule has 0 aliphatic carbocycles. The molecular weight excluding hydrogens is 491 g/mol. The SMILES string of the molecule is CO[C@H]1CN(C(=O)c2nc(C)sc2-c2cccc(Cl)c2)C(C)(c2nc3cc(Cl)ccc3n2C)C1. The van der Waals surface area contributed by atoms with Gasteiger partial charge in [0.1, 0.15) is 17.1 Å². The first-order valence-corrected chi connectivity index (χ1v) is 12.5. The van der Waals surface area contributed by atoms with Crippen molar-refractivity contribution in [2.45, 2.75) is 31.9 Å². The van der Waals surface area contributed by atoms with Crippen LogP contribution in [0.25, 0.3) is 21.5 Å². The van der Waals surface area contributed by atoms with Gasteiger partial charge in [-0.15, -0.1) is 11.3 Å². The predicted octanol–water partition coefficient (Wildman–Crippen LogP) is 6.09. The Morgan fingerprint density at radius 3 is 2.68 bits per heavy atom. The first-order valence-electron chi connectivity index (χ1n) is 10.9. The maximum atomic E-state index is 14.1. The Labute approximate surface area is 212 Å². The number of hydrogen-bond acceptors (Lipinski definition) is 5. The number of amides is 1. The minimum atomic E-state index is -0.693. The Morgan fingerprint density at radius 1 is 1.18 bits per heavy atom. The van der Waals surface area contributed by atoms with E-state index >= 15 is 0 Å². The topological polar surface area (TPSA) is 60.2 Å². The van der Waals surface area contributed by atoms with Crippen LogP contribution in [0.2, 0.25) is 10.0 Å². The van der Waals surface area contributed by atoms with Gasteiger partial charge in [0.25, 0.3) is 5.91 Å². The molecule has 34 heavy (non-hydrogen) atoms. The summed E-state index contributed by atoms with van der Waals surface area (Å²) in [5, 5.41) is 2.06. The number of hydrogen-bond donors (Lipinski definition) is 0. The van der Waals surface area contributed by atoms with Crippen LogP contribution in [0, 0.1) is 6.92 Å². The molecule has 0 saturated carbocycles. The van der Waals surface area contributed by atoms with Gasteiger partial charge in [0.05, 0.1) is 27.0 Å². The van der Waals surface area contributed by atoms with Crippen molar-refractivity contribution in [1.82, 2.24) is 19.4 Å². The van der Waals surface area contributed by atoms with Crippen LogP contribution < -0.4 is 0 Å². The number of methoxy groups -OCH3 is 1. The minimum absolute atomic E-state index is 0.119. The molecule has 1 unspecified atom stereocenters. The van der Waals surface area contributed by atoms with Crippen molar-refractivity contribution in [3.63, 3.8) is 0 Å². The maximum Gasteiger partial charge on any atom is 0.274 e. The number of aryl methyl sites for hydroxylation is 2. The molecule has 176 valence electrons. The Morgan fingerprint density at radius 2 is 1.94 bits per heavy atom. The molecular formula is C25H24Cl2N4O2S. The summed E-state index contributed by atoms with van der Waals surface area (Å²) in [7, 11) is 3.65. The highest BCUT2D eigenvalue weighted by Crippen LogP contribution is 2.42. The van der Waals surface area contributed by atoms with Crippen molar-refractivity contribution in [3.8, 4) is 10.4 Å². The number of carbonyl (C=O) groups excluding carboxylic acids is 1. The number of benzene rings is 2. The molecule has 1 aliphatic rings. The van der Waals surface area contributed by atoms with Crippen molar-refractivity contribution in [2.75, 3.05) is 13.7 Å². The molecule has 0 spiro atoms. The lowest BCUT2D eigenvalue weighted by Gasteiger charge is -2.34. The second-order valence-electron chi connectivity index (χ2n) is 8.80. The van der Waals surface area contributed by atoms with Crippen LogP contribution in [-0.2, 0) is 17.3 Å². The first kappa shape index (κ1) is 23.3. The fraction of sp³-hybridized carbons (Fsp3) is 0.320. The van der Waals surface area contributed by atoms with E-state index in [0.29, 0.717) is 28.7 Å². The molecule has 0 radical (unpaired) electrons. The van der Waals surface area contributed by atoms with Gasteiger partial charge in [0, 0.05) is 37.2 Å². The highest BCUT2D eigenvalue weighted by Gasteiger charge is 2.49. The molecule has 6 nitrogen and oxygen atoms in total. The summed E-state index contributed by atoms with van der Waals surface area (Å²) in [6, 6.07) is 13.2. The Hall–Kier alpha value is -2.45. The zero-order valence-electron chi connectivity index (χ0n) is 19.3.